The molecule has 7 aromatic rings. The van der Waals surface area contributed by atoms with Crippen LogP contribution in [0.4, 0.5) is 5.69 Å². The monoisotopic (exact) mass is 589 g/mol. The maximum absolute atomic E-state index is 13.5. The highest BCUT2D eigenvalue weighted by atomic mass is 16.3. The molecule has 0 bridgehead atoms. The first kappa shape index (κ1) is 27.0. The second kappa shape index (κ2) is 11.2. The third-order valence-corrected chi connectivity index (χ3v) is 8.91. The van der Waals surface area contributed by atoms with Gasteiger partial charge in [-0.1, -0.05) is 73.9 Å². The molecule has 0 saturated heterocycles. The van der Waals surface area contributed by atoms with Crippen LogP contribution in [0.15, 0.2) is 109 Å². The maximum Gasteiger partial charge on any atom is 0.255 e. The number of phenolic OH excluding ortho intramolecular Hbond substituents is 1. The summed E-state index contributed by atoms with van der Waals surface area (Å²) in [5.74, 6) is 0.841. The van der Waals surface area contributed by atoms with E-state index in [0.717, 1.165) is 62.9 Å². The highest BCUT2D eigenvalue weighted by Crippen LogP contribution is 2.37. The van der Waals surface area contributed by atoms with Crippen molar-refractivity contribution in [3.8, 4) is 28.4 Å². The molecule has 0 aliphatic heterocycles. The number of carbonyl (C=O) groups is 1. The van der Waals surface area contributed by atoms with Crippen molar-refractivity contribution in [3.05, 3.63) is 115 Å². The summed E-state index contributed by atoms with van der Waals surface area (Å²) < 4.78 is 2.37. The Morgan fingerprint density at radius 2 is 1.56 bits per heavy atom. The second-order valence-corrected chi connectivity index (χ2v) is 11.8. The van der Waals surface area contributed by atoms with Gasteiger partial charge in [0.05, 0.1) is 34.0 Å². The van der Waals surface area contributed by atoms with E-state index >= 15 is 0 Å². The van der Waals surface area contributed by atoms with Crippen LogP contribution in [-0.4, -0.2) is 30.5 Å². The van der Waals surface area contributed by atoms with E-state index in [4.69, 9.17) is 15.0 Å². The van der Waals surface area contributed by atoms with Crippen LogP contribution in [0, 0.1) is 0 Å². The molecule has 220 valence electrons. The van der Waals surface area contributed by atoms with Crippen LogP contribution in [0.5, 0.6) is 5.75 Å². The van der Waals surface area contributed by atoms with Gasteiger partial charge in [-0.25, -0.2) is 9.97 Å². The lowest BCUT2D eigenvalue weighted by atomic mass is 9.94. The molecule has 2 aromatic heterocycles. The Morgan fingerprint density at radius 3 is 2.42 bits per heavy atom. The number of hydrogen-bond acceptors (Lipinski definition) is 5. The van der Waals surface area contributed by atoms with Crippen molar-refractivity contribution in [2.45, 2.75) is 38.1 Å². The molecule has 0 radical (unpaired) electrons. The standard InChI is InChI=1S/C38H31N5O2/c44-36-16-8-13-28-29(36)14-7-15-30(28)42-38(45)26-18-20-35-33(22-26)41-37(43(35)27-11-5-2-6-12-27)25-17-19-31-32(21-25)39-23-34(40-31)24-9-3-1-4-10-24/h1,3-4,7-10,13-23,27,44H,2,5-6,11-12H2,(H,42,45). The first-order valence-corrected chi connectivity index (χ1v) is 15.5. The predicted molar refractivity (Wildman–Crippen MR) is 179 cm³/mol. The minimum atomic E-state index is -0.225. The normalized spacial score (nSPS) is 13.9. The molecule has 1 aliphatic carbocycles. The van der Waals surface area contributed by atoms with E-state index < -0.39 is 0 Å². The zero-order chi connectivity index (χ0) is 30.3. The molecular weight excluding hydrogens is 558 g/mol. The van der Waals surface area contributed by atoms with Crippen molar-refractivity contribution in [2.75, 3.05) is 5.32 Å². The van der Waals surface area contributed by atoms with Gasteiger partial charge in [0.15, 0.2) is 0 Å². The Kier molecular flexibility index (Phi) is 6.71. The average molecular weight is 590 g/mol. The molecule has 1 saturated carbocycles. The van der Waals surface area contributed by atoms with Crippen molar-refractivity contribution >= 4 is 44.4 Å². The average Bonchev–Trinajstić information content (AvgIpc) is 3.48. The number of imidazole rings is 1. The van der Waals surface area contributed by atoms with E-state index in [-0.39, 0.29) is 11.7 Å². The molecule has 2 heterocycles. The molecule has 7 nitrogen and oxygen atoms in total. The van der Waals surface area contributed by atoms with E-state index in [0.29, 0.717) is 22.7 Å². The molecular formula is C38H31N5O2. The number of fused-ring (bicyclic) bond motifs is 3. The van der Waals surface area contributed by atoms with Crippen LogP contribution in [0.1, 0.15) is 48.5 Å². The highest BCUT2D eigenvalue weighted by molar-refractivity contribution is 6.11. The summed E-state index contributed by atoms with van der Waals surface area (Å²) in [6.45, 7) is 0. The van der Waals surface area contributed by atoms with Gasteiger partial charge < -0.3 is 15.0 Å². The molecule has 45 heavy (non-hydrogen) atoms. The highest BCUT2D eigenvalue weighted by Gasteiger charge is 2.23. The number of phenols is 1. The van der Waals surface area contributed by atoms with Gasteiger partial charge >= 0.3 is 0 Å². The van der Waals surface area contributed by atoms with Gasteiger partial charge in [-0.05, 0) is 61.4 Å². The molecule has 7 heteroatoms. The molecule has 0 atom stereocenters. The van der Waals surface area contributed by atoms with Gasteiger partial charge in [-0.3, -0.25) is 9.78 Å². The van der Waals surface area contributed by atoms with Crippen LogP contribution in [-0.2, 0) is 0 Å². The van der Waals surface area contributed by atoms with Crippen LogP contribution in [0.25, 0.3) is 55.5 Å². The van der Waals surface area contributed by atoms with Gasteiger partial charge in [0.2, 0.25) is 0 Å². The number of nitrogens with one attached hydrogen (secondary N) is 1. The second-order valence-electron chi connectivity index (χ2n) is 11.8. The minimum Gasteiger partial charge on any atom is -0.507 e. The smallest absolute Gasteiger partial charge is 0.255 e. The van der Waals surface area contributed by atoms with Gasteiger partial charge in [0, 0.05) is 39.2 Å². The summed E-state index contributed by atoms with van der Waals surface area (Å²) >= 11 is 0. The summed E-state index contributed by atoms with van der Waals surface area (Å²) in [5.41, 5.74) is 7.49. The van der Waals surface area contributed by atoms with E-state index in [9.17, 15) is 9.90 Å². The van der Waals surface area contributed by atoms with E-state index in [2.05, 4.69) is 22.0 Å². The molecule has 0 unspecified atom stereocenters. The fraction of sp³-hybridized carbons (Fsp3) is 0.158. The van der Waals surface area contributed by atoms with Crippen molar-refractivity contribution in [2.24, 2.45) is 0 Å². The number of carbonyl (C=O) groups excluding carboxylic acids is 1. The summed E-state index contributed by atoms with van der Waals surface area (Å²) in [7, 11) is 0. The van der Waals surface area contributed by atoms with Crippen molar-refractivity contribution in [1.82, 2.24) is 19.5 Å². The molecule has 8 rings (SSSR count). The quantitative estimate of drug-likeness (QED) is 0.209. The lowest BCUT2D eigenvalue weighted by Crippen LogP contribution is -2.14. The van der Waals surface area contributed by atoms with Crippen LogP contribution >= 0.6 is 0 Å². The number of benzene rings is 5. The number of amides is 1. The summed E-state index contributed by atoms with van der Waals surface area (Å²) in [6.07, 6.45) is 7.66. The van der Waals surface area contributed by atoms with Gasteiger partial charge in [0.1, 0.15) is 11.6 Å². The third-order valence-electron chi connectivity index (χ3n) is 8.91. The third kappa shape index (κ3) is 4.96. The molecule has 1 amide bonds. The lowest BCUT2D eigenvalue weighted by molar-refractivity contribution is 0.102. The van der Waals surface area contributed by atoms with Crippen molar-refractivity contribution in [1.29, 1.82) is 0 Å². The Bertz CT molecular complexity index is 2220. The number of aromatic hydroxyl groups is 1. The van der Waals surface area contributed by atoms with E-state index in [1.54, 1.807) is 12.1 Å². The zero-order valence-electron chi connectivity index (χ0n) is 24.6. The zero-order valence-corrected chi connectivity index (χ0v) is 24.6. The van der Waals surface area contributed by atoms with Gasteiger partial charge in [-0.15, -0.1) is 0 Å². The van der Waals surface area contributed by atoms with Crippen molar-refractivity contribution < 1.29 is 9.90 Å². The molecule has 2 N–H and O–H groups in total. The topological polar surface area (TPSA) is 92.9 Å². The summed E-state index contributed by atoms with van der Waals surface area (Å²) in [4.78, 5) is 28.3. The van der Waals surface area contributed by atoms with E-state index in [1.165, 1.54) is 19.3 Å². The summed E-state index contributed by atoms with van der Waals surface area (Å²) in [6, 6.07) is 33.2. The maximum atomic E-state index is 13.5. The number of anilines is 1. The predicted octanol–water partition coefficient (Wildman–Crippen LogP) is 8.93. The Balaban J connectivity index is 1.18. The fourth-order valence-electron chi connectivity index (χ4n) is 6.65. The van der Waals surface area contributed by atoms with Crippen LogP contribution in [0.2, 0.25) is 0 Å². The Hall–Kier alpha value is -5.56. The molecule has 5 aromatic carbocycles. The van der Waals surface area contributed by atoms with Crippen LogP contribution < -0.4 is 5.32 Å². The number of rotatable bonds is 5. The molecule has 1 aliphatic rings. The van der Waals surface area contributed by atoms with Crippen molar-refractivity contribution in [3.63, 3.8) is 0 Å². The lowest BCUT2D eigenvalue weighted by Gasteiger charge is -2.25. The number of nitrogens with zero attached hydrogens (tertiary/aromatic N) is 4. The van der Waals surface area contributed by atoms with Gasteiger partial charge in [-0.2, -0.15) is 0 Å². The first-order chi connectivity index (χ1) is 22.1. The summed E-state index contributed by atoms with van der Waals surface area (Å²) in [5, 5.41) is 14.8. The minimum absolute atomic E-state index is 0.183. The number of hydrogen-bond donors (Lipinski definition) is 2. The molecule has 0 spiro atoms. The fourth-order valence-corrected chi connectivity index (χ4v) is 6.65. The number of aromatic nitrogens is 4. The Morgan fingerprint density at radius 1 is 0.733 bits per heavy atom. The van der Waals surface area contributed by atoms with Gasteiger partial charge in [0.25, 0.3) is 5.91 Å². The van der Waals surface area contributed by atoms with E-state index in [1.807, 2.05) is 85.1 Å². The Labute approximate surface area is 260 Å². The SMILES string of the molecule is O=C(Nc1cccc2c(O)cccc12)c1ccc2c(c1)nc(-c1ccc3nc(-c4ccccc4)cnc3c1)n2C1CCCCC1. The van der Waals surface area contributed by atoms with Crippen LogP contribution in [0.3, 0.4) is 0 Å². The first-order valence-electron chi connectivity index (χ1n) is 15.5. The largest absolute Gasteiger partial charge is 0.507 e. The molecule has 1 fully saturated rings.